The SMILES string of the molecule is CNCC(=O)Nc1ccc(NC(=O)CNC)c2c1C(=O)c1ccccc1C2=O.Cl.Cl. The average Bonchev–Trinajstić information content (AvgIpc) is 2.67. The average molecular weight is 453 g/mol. The lowest BCUT2D eigenvalue weighted by Crippen LogP contribution is -2.30. The maximum absolute atomic E-state index is 13.1. The molecule has 3 rings (SSSR count). The molecule has 0 bridgehead atoms. The highest BCUT2D eigenvalue weighted by Gasteiger charge is 2.34. The Bertz CT molecular complexity index is 917. The van der Waals surface area contributed by atoms with Gasteiger partial charge in [-0.25, -0.2) is 0 Å². The molecule has 0 fully saturated rings. The zero-order chi connectivity index (χ0) is 20.3. The van der Waals surface area contributed by atoms with Gasteiger partial charge >= 0.3 is 0 Å². The first-order valence-electron chi connectivity index (χ1n) is 8.72. The third kappa shape index (κ3) is 4.85. The zero-order valence-corrected chi connectivity index (χ0v) is 18.0. The Labute approximate surface area is 186 Å². The number of fused-ring (bicyclic) bond motifs is 2. The summed E-state index contributed by atoms with van der Waals surface area (Å²) in [6, 6.07) is 9.52. The van der Waals surface area contributed by atoms with Crippen LogP contribution >= 0.6 is 24.8 Å². The van der Waals surface area contributed by atoms with Crippen LogP contribution in [-0.2, 0) is 9.59 Å². The third-order valence-electron chi connectivity index (χ3n) is 4.30. The number of halogens is 2. The van der Waals surface area contributed by atoms with Crippen LogP contribution in [0.5, 0.6) is 0 Å². The van der Waals surface area contributed by atoms with E-state index in [9.17, 15) is 19.2 Å². The Morgan fingerprint density at radius 1 is 0.700 bits per heavy atom. The summed E-state index contributed by atoms with van der Waals surface area (Å²) in [6.45, 7) is 0.0995. The predicted octanol–water partition coefficient (Wildman–Crippen LogP) is 1.62. The van der Waals surface area contributed by atoms with Crippen LogP contribution in [0.4, 0.5) is 11.4 Å². The van der Waals surface area contributed by atoms with Crippen molar-refractivity contribution in [2.75, 3.05) is 37.8 Å². The van der Waals surface area contributed by atoms with E-state index in [1.165, 1.54) is 12.1 Å². The molecule has 30 heavy (non-hydrogen) atoms. The number of rotatable bonds is 6. The third-order valence-corrected chi connectivity index (χ3v) is 4.30. The monoisotopic (exact) mass is 452 g/mol. The molecule has 160 valence electrons. The summed E-state index contributed by atoms with van der Waals surface area (Å²) in [4.78, 5) is 50.3. The van der Waals surface area contributed by atoms with E-state index >= 15 is 0 Å². The summed E-state index contributed by atoms with van der Waals surface area (Å²) in [6.07, 6.45) is 0. The minimum absolute atomic E-state index is 0. The summed E-state index contributed by atoms with van der Waals surface area (Å²) in [5.74, 6) is -1.46. The molecular formula is C20H22Cl2N4O4. The lowest BCUT2D eigenvalue weighted by molar-refractivity contribution is -0.116. The van der Waals surface area contributed by atoms with Crippen molar-refractivity contribution in [2.24, 2.45) is 0 Å². The number of carbonyl (C=O) groups excluding carboxylic acids is 4. The van der Waals surface area contributed by atoms with E-state index in [4.69, 9.17) is 0 Å². The number of hydrogen-bond acceptors (Lipinski definition) is 6. The molecule has 2 aromatic carbocycles. The highest BCUT2D eigenvalue weighted by Crippen LogP contribution is 2.36. The van der Waals surface area contributed by atoms with Crippen LogP contribution in [0.1, 0.15) is 31.8 Å². The molecule has 0 saturated heterocycles. The molecule has 0 unspecified atom stereocenters. The Morgan fingerprint density at radius 2 is 1.07 bits per heavy atom. The van der Waals surface area contributed by atoms with Crippen LogP contribution in [-0.4, -0.2) is 50.6 Å². The van der Waals surface area contributed by atoms with Gasteiger partial charge in [-0.15, -0.1) is 24.8 Å². The molecule has 0 spiro atoms. The van der Waals surface area contributed by atoms with Gasteiger partial charge < -0.3 is 21.3 Å². The van der Waals surface area contributed by atoms with E-state index in [-0.39, 0.29) is 94.9 Å². The van der Waals surface area contributed by atoms with E-state index in [2.05, 4.69) is 21.3 Å². The maximum atomic E-state index is 13.1. The van der Waals surface area contributed by atoms with E-state index < -0.39 is 0 Å². The van der Waals surface area contributed by atoms with Gasteiger partial charge in [0.25, 0.3) is 0 Å². The van der Waals surface area contributed by atoms with E-state index in [0.717, 1.165) is 0 Å². The van der Waals surface area contributed by atoms with Gasteiger partial charge in [-0.1, -0.05) is 24.3 Å². The number of likely N-dealkylation sites (N-methyl/N-ethyl adjacent to an activating group) is 2. The first kappa shape index (κ1) is 25.3. The quantitative estimate of drug-likeness (QED) is 0.451. The number of amides is 2. The second-order valence-electron chi connectivity index (χ2n) is 6.27. The maximum Gasteiger partial charge on any atom is 0.238 e. The van der Waals surface area contributed by atoms with Crippen LogP contribution in [0.2, 0.25) is 0 Å². The molecule has 0 heterocycles. The number of benzene rings is 2. The number of nitrogens with one attached hydrogen (secondary N) is 4. The summed E-state index contributed by atoms with van der Waals surface area (Å²) >= 11 is 0. The summed E-state index contributed by atoms with van der Waals surface area (Å²) in [5, 5.41) is 10.8. The highest BCUT2D eigenvalue weighted by atomic mass is 35.5. The van der Waals surface area contributed by atoms with Crippen LogP contribution < -0.4 is 21.3 Å². The minimum atomic E-state index is -0.380. The largest absolute Gasteiger partial charge is 0.324 e. The number of ketones is 2. The first-order valence-corrected chi connectivity index (χ1v) is 8.72. The smallest absolute Gasteiger partial charge is 0.238 e. The Morgan fingerprint density at radius 3 is 1.40 bits per heavy atom. The second-order valence-corrected chi connectivity index (χ2v) is 6.27. The molecule has 2 aromatic rings. The van der Waals surface area contributed by atoms with Crippen molar-refractivity contribution in [1.29, 1.82) is 0 Å². The molecule has 0 saturated carbocycles. The molecule has 1 aliphatic rings. The molecule has 0 atom stereocenters. The van der Waals surface area contributed by atoms with Crippen LogP contribution in [0.25, 0.3) is 0 Å². The zero-order valence-electron chi connectivity index (χ0n) is 16.3. The van der Waals surface area contributed by atoms with Crippen molar-refractivity contribution in [3.05, 3.63) is 58.7 Å². The molecule has 0 aromatic heterocycles. The fraction of sp³-hybridized carbons (Fsp3) is 0.200. The number of hydrogen-bond donors (Lipinski definition) is 4. The Kier molecular flexibility index (Phi) is 9.13. The van der Waals surface area contributed by atoms with Crippen molar-refractivity contribution >= 4 is 59.6 Å². The number of anilines is 2. The lowest BCUT2D eigenvalue weighted by atomic mass is 9.82. The van der Waals surface area contributed by atoms with E-state index in [0.29, 0.717) is 0 Å². The topological polar surface area (TPSA) is 116 Å². The normalized spacial score (nSPS) is 11.4. The van der Waals surface area contributed by atoms with Crippen LogP contribution in [0.15, 0.2) is 36.4 Å². The summed E-state index contributed by atoms with van der Waals surface area (Å²) < 4.78 is 0. The van der Waals surface area contributed by atoms with Crippen LogP contribution in [0.3, 0.4) is 0 Å². The molecule has 1 aliphatic carbocycles. The van der Waals surface area contributed by atoms with Gasteiger partial charge in [-0.3, -0.25) is 19.2 Å². The fourth-order valence-corrected chi connectivity index (χ4v) is 3.14. The van der Waals surface area contributed by atoms with Crippen molar-refractivity contribution in [2.45, 2.75) is 0 Å². The lowest BCUT2D eigenvalue weighted by Gasteiger charge is -2.23. The Balaban J connectivity index is 0.00000225. The van der Waals surface area contributed by atoms with Crippen molar-refractivity contribution in [3.8, 4) is 0 Å². The fourth-order valence-electron chi connectivity index (χ4n) is 3.14. The molecule has 0 radical (unpaired) electrons. The minimum Gasteiger partial charge on any atom is -0.324 e. The van der Waals surface area contributed by atoms with Gasteiger partial charge in [-0.05, 0) is 26.2 Å². The van der Waals surface area contributed by atoms with E-state index in [1.807, 2.05) is 0 Å². The molecule has 10 heteroatoms. The molecule has 2 amide bonds. The highest BCUT2D eigenvalue weighted by molar-refractivity contribution is 6.32. The molecule has 8 nitrogen and oxygen atoms in total. The van der Waals surface area contributed by atoms with Gasteiger partial charge in [0.1, 0.15) is 0 Å². The standard InChI is InChI=1S/C20H20N4O4.2ClH/c1-21-9-15(25)23-13-7-8-14(24-16(26)10-22-2)18-17(13)19(27)11-5-3-4-6-12(11)20(18)28;;/h3-8,21-22H,9-10H2,1-2H3,(H,23,25)(H,24,26);2*1H. The number of carbonyl (C=O) groups is 4. The van der Waals surface area contributed by atoms with Crippen LogP contribution in [0, 0.1) is 0 Å². The van der Waals surface area contributed by atoms with Gasteiger partial charge in [0.15, 0.2) is 11.6 Å². The van der Waals surface area contributed by atoms with Crippen molar-refractivity contribution in [3.63, 3.8) is 0 Å². The summed E-state index contributed by atoms with van der Waals surface area (Å²) in [5.41, 5.74) is 1.15. The predicted molar refractivity (Wildman–Crippen MR) is 119 cm³/mol. The molecule has 0 aliphatic heterocycles. The van der Waals surface area contributed by atoms with Gasteiger partial charge in [0, 0.05) is 11.1 Å². The van der Waals surface area contributed by atoms with Crippen molar-refractivity contribution < 1.29 is 19.2 Å². The van der Waals surface area contributed by atoms with Gasteiger partial charge in [0.05, 0.1) is 35.6 Å². The second kappa shape index (κ2) is 10.8. The summed E-state index contributed by atoms with van der Waals surface area (Å²) in [7, 11) is 3.25. The molecule has 4 N–H and O–H groups in total. The van der Waals surface area contributed by atoms with Crippen molar-refractivity contribution in [1.82, 2.24) is 10.6 Å². The Hall–Kier alpha value is -2.78. The molecular weight excluding hydrogens is 431 g/mol. The van der Waals surface area contributed by atoms with Gasteiger partial charge in [-0.2, -0.15) is 0 Å². The van der Waals surface area contributed by atoms with E-state index in [1.54, 1.807) is 38.4 Å². The van der Waals surface area contributed by atoms with Gasteiger partial charge in [0.2, 0.25) is 11.8 Å². The first-order chi connectivity index (χ1) is 13.5.